The lowest BCUT2D eigenvalue weighted by Crippen LogP contribution is -2.43. The van der Waals surface area contributed by atoms with Crippen molar-refractivity contribution in [3.05, 3.63) is 89.4 Å². The monoisotopic (exact) mass is 466 g/mol. The maximum absolute atomic E-state index is 12.8. The fourth-order valence-corrected chi connectivity index (χ4v) is 3.38. The molecule has 3 aromatic carbocycles. The largest absolute Gasteiger partial charge is 0.455 e. The number of benzene rings is 3. The zero-order chi connectivity index (χ0) is 23.5. The first kappa shape index (κ1) is 24.1. The Bertz CT molecular complexity index is 1060. The third kappa shape index (κ3) is 7.82. The molecule has 0 saturated heterocycles. The number of rotatable bonds is 11. The third-order valence-corrected chi connectivity index (χ3v) is 4.93. The van der Waals surface area contributed by atoms with Gasteiger partial charge in [0.15, 0.2) is 5.75 Å². The first-order valence-corrected chi connectivity index (χ1v) is 11.0. The van der Waals surface area contributed by atoms with Crippen LogP contribution in [-0.2, 0) is 16.1 Å². The maximum Gasteiger partial charge on any atom is 0.239 e. The predicted molar refractivity (Wildman–Crippen MR) is 131 cm³/mol. The molecule has 0 radical (unpaired) electrons. The molecule has 33 heavy (non-hydrogen) atoms. The van der Waals surface area contributed by atoms with E-state index in [9.17, 15) is 9.59 Å². The van der Waals surface area contributed by atoms with Crippen LogP contribution in [0.25, 0.3) is 0 Å². The summed E-state index contributed by atoms with van der Waals surface area (Å²) in [5.41, 5.74) is 7.01. The second-order valence-corrected chi connectivity index (χ2v) is 7.72. The number of anilines is 1. The van der Waals surface area contributed by atoms with E-state index >= 15 is 0 Å². The number of halogens is 1. The van der Waals surface area contributed by atoms with Crippen molar-refractivity contribution in [2.75, 3.05) is 31.1 Å². The van der Waals surface area contributed by atoms with Gasteiger partial charge in [-0.05, 0) is 42.0 Å². The van der Waals surface area contributed by atoms with E-state index in [0.717, 1.165) is 5.56 Å². The van der Waals surface area contributed by atoms with E-state index in [1.54, 1.807) is 23.1 Å². The molecule has 0 aromatic heterocycles. The summed E-state index contributed by atoms with van der Waals surface area (Å²) in [6, 6.07) is 23.9. The molecule has 7 nitrogen and oxygen atoms in total. The molecule has 0 fully saturated rings. The molecule has 4 N–H and O–H groups in total. The first-order chi connectivity index (χ1) is 16.0. The van der Waals surface area contributed by atoms with Crippen molar-refractivity contribution < 1.29 is 14.3 Å². The number of carbonyl (C=O) groups excluding carboxylic acids is 2. The minimum Gasteiger partial charge on any atom is -0.455 e. The van der Waals surface area contributed by atoms with E-state index in [4.69, 9.17) is 22.1 Å². The van der Waals surface area contributed by atoms with Gasteiger partial charge in [-0.25, -0.2) is 0 Å². The summed E-state index contributed by atoms with van der Waals surface area (Å²) in [6.45, 7) is 0.954. The molecule has 0 atom stereocenters. The van der Waals surface area contributed by atoms with Gasteiger partial charge < -0.3 is 26.0 Å². The van der Waals surface area contributed by atoms with E-state index in [0.29, 0.717) is 41.8 Å². The number of nitrogens with zero attached hydrogens (tertiary/aromatic N) is 1. The molecular formula is C25H27ClN4O3. The van der Waals surface area contributed by atoms with Gasteiger partial charge in [-0.3, -0.25) is 9.59 Å². The lowest BCUT2D eigenvalue weighted by atomic mass is 10.2. The highest BCUT2D eigenvalue weighted by Crippen LogP contribution is 2.32. The fraction of sp³-hybridized carbons (Fsp3) is 0.200. The van der Waals surface area contributed by atoms with Crippen molar-refractivity contribution in [3.63, 3.8) is 0 Å². The van der Waals surface area contributed by atoms with Crippen molar-refractivity contribution in [3.8, 4) is 11.5 Å². The molecule has 0 bridgehead atoms. The van der Waals surface area contributed by atoms with Crippen molar-refractivity contribution in [2.24, 2.45) is 5.73 Å². The van der Waals surface area contributed by atoms with Gasteiger partial charge in [-0.15, -0.1) is 0 Å². The number of nitrogens with two attached hydrogens (primary N) is 1. The van der Waals surface area contributed by atoms with E-state index in [2.05, 4.69) is 10.6 Å². The Labute approximate surface area is 198 Å². The van der Waals surface area contributed by atoms with Gasteiger partial charge in [0.1, 0.15) is 5.75 Å². The molecule has 0 heterocycles. The Balaban J connectivity index is 1.76. The predicted octanol–water partition coefficient (Wildman–Crippen LogP) is 3.33. The molecule has 0 aliphatic rings. The van der Waals surface area contributed by atoms with Crippen molar-refractivity contribution in [1.82, 2.24) is 10.6 Å². The summed E-state index contributed by atoms with van der Waals surface area (Å²) in [5, 5.41) is 6.23. The average molecular weight is 467 g/mol. The Morgan fingerprint density at radius 2 is 1.58 bits per heavy atom. The summed E-state index contributed by atoms with van der Waals surface area (Å²) in [6.07, 6.45) is 0. The van der Waals surface area contributed by atoms with Crippen molar-refractivity contribution >= 4 is 29.1 Å². The van der Waals surface area contributed by atoms with E-state index in [1.165, 1.54) is 0 Å². The van der Waals surface area contributed by atoms with E-state index in [-0.39, 0.29) is 24.9 Å². The zero-order valence-electron chi connectivity index (χ0n) is 18.2. The zero-order valence-corrected chi connectivity index (χ0v) is 18.9. The Morgan fingerprint density at radius 3 is 2.30 bits per heavy atom. The molecule has 172 valence electrons. The second-order valence-electron chi connectivity index (χ2n) is 7.28. The van der Waals surface area contributed by atoms with Crippen LogP contribution in [0.15, 0.2) is 78.9 Å². The molecule has 0 aliphatic heterocycles. The summed E-state index contributed by atoms with van der Waals surface area (Å²) in [4.78, 5) is 26.9. The standard InChI is InChI=1S/C25H27ClN4O3/c26-20-8-6-7-19(15-20)16-29-25(32)18-30(17-24(31)28-14-13-27)22-11-4-5-12-23(22)33-21-9-2-1-3-10-21/h1-12,15H,13-14,16-18,27H2,(H,28,31)(H,29,32). The van der Waals surface area contributed by atoms with Crippen LogP contribution in [0, 0.1) is 0 Å². The minimum atomic E-state index is -0.240. The van der Waals surface area contributed by atoms with Gasteiger partial charge in [0, 0.05) is 24.7 Å². The van der Waals surface area contributed by atoms with E-state index in [1.807, 2.05) is 60.7 Å². The third-order valence-electron chi connectivity index (χ3n) is 4.69. The Hall–Kier alpha value is -3.55. The summed E-state index contributed by atoms with van der Waals surface area (Å²) >= 11 is 6.02. The van der Waals surface area contributed by atoms with Crippen LogP contribution in [0.2, 0.25) is 5.02 Å². The number of carbonyl (C=O) groups is 2. The van der Waals surface area contributed by atoms with Crippen LogP contribution >= 0.6 is 11.6 Å². The number of ether oxygens (including phenoxy) is 1. The number of para-hydroxylation sites is 3. The first-order valence-electron chi connectivity index (χ1n) is 10.6. The lowest BCUT2D eigenvalue weighted by molar-refractivity contribution is -0.120. The maximum atomic E-state index is 12.8. The van der Waals surface area contributed by atoms with Crippen molar-refractivity contribution in [2.45, 2.75) is 6.54 Å². The van der Waals surface area contributed by atoms with Gasteiger partial charge in [-0.1, -0.05) is 54.1 Å². The normalized spacial score (nSPS) is 10.4. The molecule has 0 saturated carbocycles. The molecule has 8 heteroatoms. The van der Waals surface area contributed by atoms with Crippen molar-refractivity contribution in [1.29, 1.82) is 0 Å². The Morgan fingerprint density at radius 1 is 0.879 bits per heavy atom. The molecule has 3 aromatic rings. The highest BCUT2D eigenvalue weighted by molar-refractivity contribution is 6.30. The number of amides is 2. The minimum absolute atomic E-state index is 0.0280. The highest BCUT2D eigenvalue weighted by atomic mass is 35.5. The SMILES string of the molecule is NCCNC(=O)CN(CC(=O)NCc1cccc(Cl)c1)c1ccccc1Oc1ccccc1. The summed E-state index contributed by atoms with van der Waals surface area (Å²) in [5.74, 6) is 0.717. The van der Waals surface area contributed by atoms with Gasteiger partial charge in [0.2, 0.25) is 11.8 Å². The van der Waals surface area contributed by atoms with Crippen LogP contribution in [0.4, 0.5) is 5.69 Å². The molecule has 3 rings (SSSR count). The molecule has 0 spiro atoms. The van der Waals surface area contributed by atoms with Gasteiger partial charge in [0.05, 0.1) is 18.8 Å². The average Bonchev–Trinajstić information content (AvgIpc) is 2.82. The van der Waals surface area contributed by atoms with Crippen LogP contribution in [0.5, 0.6) is 11.5 Å². The summed E-state index contributed by atoms with van der Waals surface area (Å²) in [7, 11) is 0. The van der Waals surface area contributed by atoms with Gasteiger partial charge in [-0.2, -0.15) is 0 Å². The number of nitrogens with one attached hydrogen (secondary N) is 2. The highest BCUT2D eigenvalue weighted by Gasteiger charge is 2.19. The van der Waals surface area contributed by atoms with Gasteiger partial charge in [0.25, 0.3) is 0 Å². The molecule has 2 amide bonds. The van der Waals surface area contributed by atoms with Crippen LogP contribution in [0.3, 0.4) is 0 Å². The summed E-state index contributed by atoms with van der Waals surface area (Å²) < 4.78 is 6.04. The Kier molecular flexibility index (Phi) is 9.11. The van der Waals surface area contributed by atoms with E-state index < -0.39 is 0 Å². The quantitative estimate of drug-likeness (QED) is 0.403. The van der Waals surface area contributed by atoms with Crippen LogP contribution < -0.4 is 26.0 Å². The molecule has 0 aliphatic carbocycles. The molecule has 0 unspecified atom stereocenters. The smallest absolute Gasteiger partial charge is 0.239 e. The fourth-order valence-electron chi connectivity index (χ4n) is 3.16. The van der Waals surface area contributed by atoms with Crippen LogP contribution in [0.1, 0.15) is 5.56 Å². The van der Waals surface area contributed by atoms with Crippen LogP contribution in [-0.4, -0.2) is 38.0 Å². The molecular weight excluding hydrogens is 440 g/mol. The number of hydrogen-bond acceptors (Lipinski definition) is 5. The lowest BCUT2D eigenvalue weighted by Gasteiger charge is -2.26. The number of hydrogen-bond donors (Lipinski definition) is 3. The topological polar surface area (TPSA) is 96.7 Å². The van der Waals surface area contributed by atoms with Gasteiger partial charge >= 0.3 is 0 Å². The second kappa shape index (κ2) is 12.5.